The summed E-state index contributed by atoms with van der Waals surface area (Å²) in [5.74, 6) is 0.401. The molecule has 0 aromatic carbocycles. The minimum absolute atomic E-state index is 0.247. The van der Waals surface area contributed by atoms with E-state index in [1.165, 1.54) is 0 Å². The first-order chi connectivity index (χ1) is 12.3. The average Bonchev–Trinajstić information content (AvgIpc) is 2.58. The monoisotopic (exact) mass is 379 g/mol. The number of nitrogens with zero attached hydrogens (tertiary/aromatic N) is 3. The van der Waals surface area contributed by atoms with Crippen molar-refractivity contribution in [3.05, 3.63) is 29.5 Å². The van der Waals surface area contributed by atoms with Crippen LogP contribution in [0.2, 0.25) is 5.15 Å². The maximum Gasteiger partial charge on any atom is 0.410 e. The smallest absolute Gasteiger partial charge is 0.410 e. The SMILES string of the molecule is CC(C)(C)OC(=O)N1CCO[C@H](COc2nc(Cl)cc3ncccc23)C1. The van der Waals surface area contributed by atoms with Gasteiger partial charge in [-0.15, -0.1) is 0 Å². The highest BCUT2D eigenvalue weighted by atomic mass is 35.5. The van der Waals surface area contributed by atoms with Crippen molar-refractivity contribution in [2.45, 2.75) is 32.5 Å². The first kappa shape index (κ1) is 18.7. The second-order valence-electron chi connectivity index (χ2n) is 7.05. The van der Waals surface area contributed by atoms with Crippen molar-refractivity contribution in [3.63, 3.8) is 0 Å². The Kier molecular flexibility index (Phi) is 5.48. The summed E-state index contributed by atoms with van der Waals surface area (Å²) < 4.78 is 16.9. The van der Waals surface area contributed by atoms with Crippen LogP contribution in [0, 0.1) is 0 Å². The molecule has 0 aliphatic carbocycles. The largest absolute Gasteiger partial charge is 0.474 e. The molecule has 2 aromatic heterocycles. The number of halogens is 1. The molecule has 8 heteroatoms. The Hall–Kier alpha value is -2.12. The molecule has 0 bridgehead atoms. The maximum atomic E-state index is 12.2. The standard InChI is InChI=1S/C18H22ClN3O4/c1-18(2,3)26-17(23)22-7-8-24-12(10-22)11-25-16-13-5-4-6-20-14(13)9-15(19)21-16/h4-6,9,12H,7-8,10-11H2,1-3H3/t12-/m0/s1. The second kappa shape index (κ2) is 7.63. The Morgan fingerprint density at radius 3 is 3.04 bits per heavy atom. The van der Waals surface area contributed by atoms with Crippen molar-refractivity contribution in [1.82, 2.24) is 14.9 Å². The van der Waals surface area contributed by atoms with Crippen molar-refractivity contribution in [1.29, 1.82) is 0 Å². The van der Waals surface area contributed by atoms with Gasteiger partial charge < -0.3 is 19.1 Å². The molecule has 1 fully saturated rings. The summed E-state index contributed by atoms with van der Waals surface area (Å²) in [7, 11) is 0. The fourth-order valence-electron chi connectivity index (χ4n) is 2.61. The van der Waals surface area contributed by atoms with E-state index in [1.807, 2.05) is 32.9 Å². The summed E-state index contributed by atoms with van der Waals surface area (Å²) >= 11 is 6.04. The van der Waals surface area contributed by atoms with E-state index in [4.69, 9.17) is 25.8 Å². The number of amides is 1. The zero-order valence-corrected chi connectivity index (χ0v) is 15.8. The van der Waals surface area contributed by atoms with Crippen LogP contribution in [0.25, 0.3) is 10.9 Å². The van der Waals surface area contributed by atoms with Crippen LogP contribution in [0.15, 0.2) is 24.4 Å². The number of aromatic nitrogens is 2. The summed E-state index contributed by atoms with van der Waals surface area (Å²) in [4.78, 5) is 22.3. The van der Waals surface area contributed by atoms with Gasteiger partial charge in [-0.2, -0.15) is 0 Å². The molecule has 1 amide bonds. The molecule has 7 nitrogen and oxygen atoms in total. The summed E-state index contributed by atoms with van der Waals surface area (Å²) in [6.45, 7) is 7.09. The molecule has 0 spiro atoms. The number of morpholine rings is 1. The molecule has 0 saturated carbocycles. The number of carbonyl (C=O) groups excluding carboxylic acids is 1. The van der Waals surface area contributed by atoms with Crippen molar-refractivity contribution in [2.75, 3.05) is 26.3 Å². The molecular weight excluding hydrogens is 358 g/mol. The predicted molar refractivity (Wildman–Crippen MR) is 97.6 cm³/mol. The number of pyridine rings is 2. The molecule has 3 rings (SSSR count). The van der Waals surface area contributed by atoms with Crippen LogP contribution in [-0.2, 0) is 9.47 Å². The van der Waals surface area contributed by atoms with E-state index in [0.29, 0.717) is 36.2 Å². The lowest BCUT2D eigenvalue weighted by Crippen LogP contribution is -2.49. The Bertz CT molecular complexity index is 794. The van der Waals surface area contributed by atoms with Gasteiger partial charge in [0.1, 0.15) is 23.5 Å². The third-order valence-corrected chi connectivity index (χ3v) is 3.92. The summed E-state index contributed by atoms with van der Waals surface area (Å²) in [5, 5.41) is 1.09. The van der Waals surface area contributed by atoms with Crippen molar-refractivity contribution < 1.29 is 19.0 Å². The van der Waals surface area contributed by atoms with Crippen LogP contribution in [0.4, 0.5) is 4.79 Å². The van der Waals surface area contributed by atoms with E-state index in [-0.39, 0.29) is 18.8 Å². The minimum atomic E-state index is -0.530. The first-order valence-electron chi connectivity index (χ1n) is 8.45. The van der Waals surface area contributed by atoms with Gasteiger partial charge in [-0.05, 0) is 32.9 Å². The fraction of sp³-hybridized carbons (Fsp3) is 0.500. The molecule has 2 aromatic rings. The lowest BCUT2D eigenvalue weighted by Gasteiger charge is -2.34. The zero-order chi connectivity index (χ0) is 18.7. The Morgan fingerprint density at radius 1 is 1.46 bits per heavy atom. The normalized spacial score (nSPS) is 18.0. The zero-order valence-electron chi connectivity index (χ0n) is 15.1. The molecule has 0 radical (unpaired) electrons. The Balaban J connectivity index is 1.64. The Labute approximate surface area is 157 Å². The topological polar surface area (TPSA) is 73.8 Å². The van der Waals surface area contributed by atoms with Crippen molar-refractivity contribution >= 4 is 28.6 Å². The summed E-state index contributed by atoms with van der Waals surface area (Å²) in [6, 6.07) is 5.37. The minimum Gasteiger partial charge on any atom is -0.474 e. The van der Waals surface area contributed by atoms with E-state index in [1.54, 1.807) is 17.2 Å². The highest BCUT2D eigenvalue weighted by molar-refractivity contribution is 6.30. The molecule has 26 heavy (non-hydrogen) atoms. The number of hydrogen-bond donors (Lipinski definition) is 0. The van der Waals surface area contributed by atoms with Gasteiger partial charge in [0.15, 0.2) is 0 Å². The van der Waals surface area contributed by atoms with E-state index >= 15 is 0 Å². The predicted octanol–water partition coefficient (Wildman–Crippen LogP) is 3.30. The van der Waals surface area contributed by atoms with E-state index < -0.39 is 5.60 Å². The average molecular weight is 380 g/mol. The summed E-state index contributed by atoms with van der Waals surface area (Å²) in [6.07, 6.45) is 1.07. The molecule has 0 N–H and O–H groups in total. The lowest BCUT2D eigenvalue weighted by molar-refractivity contribution is -0.0559. The van der Waals surface area contributed by atoms with Gasteiger partial charge >= 0.3 is 6.09 Å². The van der Waals surface area contributed by atoms with E-state index in [2.05, 4.69) is 9.97 Å². The highest BCUT2D eigenvalue weighted by Gasteiger charge is 2.28. The van der Waals surface area contributed by atoms with E-state index in [9.17, 15) is 4.79 Å². The maximum absolute atomic E-state index is 12.2. The van der Waals surface area contributed by atoms with Gasteiger partial charge in [0.05, 0.1) is 24.1 Å². The van der Waals surface area contributed by atoms with Crippen molar-refractivity contribution in [2.24, 2.45) is 0 Å². The molecule has 1 aliphatic rings. The highest BCUT2D eigenvalue weighted by Crippen LogP contribution is 2.25. The molecule has 0 unspecified atom stereocenters. The number of fused-ring (bicyclic) bond motifs is 1. The van der Waals surface area contributed by atoms with E-state index in [0.717, 1.165) is 5.39 Å². The van der Waals surface area contributed by atoms with Gasteiger partial charge in [0.25, 0.3) is 0 Å². The van der Waals surface area contributed by atoms with Crippen LogP contribution in [-0.4, -0.2) is 59.0 Å². The van der Waals surface area contributed by atoms with Crippen LogP contribution >= 0.6 is 11.6 Å². The number of ether oxygens (including phenoxy) is 3. The van der Waals surface area contributed by atoms with Crippen LogP contribution < -0.4 is 4.74 Å². The van der Waals surface area contributed by atoms with Gasteiger partial charge in [-0.25, -0.2) is 9.78 Å². The van der Waals surface area contributed by atoms with Crippen LogP contribution in [0.3, 0.4) is 0 Å². The van der Waals surface area contributed by atoms with Gasteiger partial charge in [0, 0.05) is 18.8 Å². The number of carbonyl (C=O) groups is 1. The van der Waals surface area contributed by atoms with Crippen LogP contribution in [0.5, 0.6) is 5.88 Å². The fourth-order valence-corrected chi connectivity index (χ4v) is 2.79. The lowest BCUT2D eigenvalue weighted by atomic mass is 10.2. The summed E-state index contributed by atoms with van der Waals surface area (Å²) in [5.41, 5.74) is 0.181. The molecule has 1 aliphatic heterocycles. The van der Waals surface area contributed by atoms with Crippen LogP contribution in [0.1, 0.15) is 20.8 Å². The molecule has 1 atom stereocenters. The third-order valence-electron chi connectivity index (χ3n) is 3.73. The first-order valence-corrected chi connectivity index (χ1v) is 8.83. The molecule has 1 saturated heterocycles. The number of hydrogen-bond acceptors (Lipinski definition) is 6. The second-order valence-corrected chi connectivity index (χ2v) is 7.44. The van der Waals surface area contributed by atoms with Gasteiger partial charge in [-0.3, -0.25) is 4.98 Å². The van der Waals surface area contributed by atoms with Gasteiger partial charge in [-0.1, -0.05) is 11.6 Å². The molecular formula is C18H22ClN3O4. The quantitative estimate of drug-likeness (QED) is 0.762. The molecule has 3 heterocycles. The van der Waals surface area contributed by atoms with Crippen molar-refractivity contribution in [3.8, 4) is 5.88 Å². The third kappa shape index (κ3) is 4.74. The molecule has 140 valence electrons. The number of rotatable bonds is 3. The van der Waals surface area contributed by atoms with Gasteiger partial charge in [0.2, 0.25) is 5.88 Å². The Morgan fingerprint density at radius 2 is 2.27 bits per heavy atom.